The number of nitrogens with one attached hydrogen (secondary N) is 3. The van der Waals surface area contributed by atoms with Crippen LogP contribution in [0.4, 0.5) is 17.1 Å². The van der Waals surface area contributed by atoms with Crippen LogP contribution in [0.2, 0.25) is 0 Å². The van der Waals surface area contributed by atoms with Crippen LogP contribution in [0.25, 0.3) is 0 Å². The molecule has 0 bridgehead atoms. The smallest absolute Gasteiger partial charge is 0.274 e. The van der Waals surface area contributed by atoms with E-state index in [4.69, 9.17) is 0 Å². The van der Waals surface area contributed by atoms with Gasteiger partial charge >= 0.3 is 0 Å². The molecule has 132 valence electrons. The summed E-state index contributed by atoms with van der Waals surface area (Å²) in [6.07, 6.45) is 2.67. The third-order valence-corrected chi connectivity index (χ3v) is 3.48. The number of aromatic nitrogens is 1. The molecule has 0 aliphatic carbocycles. The predicted octanol–water partition coefficient (Wildman–Crippen LogP) is 3.75. The lowest BCUT2D eigenvalue weighted by molar-refractivity contribution is -0.114. The molecule has 25 heavy (non-hydrogen) atoms. The van der Waals surface area contributed by atoms with Gasteiger partial charge in [0.1, 0.15) is 5.69 Å². The van der Waals surface area contributed by atoms with E-state index in [0.29, 0.717) is 23.0 Å². The Bertz CT molecular complexity index is 744. The highest BCUT2D eigenvalue weighted by atomic mass is 16.2. The van der Waals surface area contributed by atoms with Gasteiger partial charge < -0.3 is 16.0 Å². The van der Waals surface area contributed by atoms with Crippen LogP contribution in [-0.4, -0.2) is 23.3 Å². The van der Waals surface area contributed by atoms with Gasteiger partial charge in [0, 0.05) is 36.7 Å². The van der Waals surface area contributed by atoms with E-state index < -0.39 is 0 Å². The van der Waals surface area contributed by atoms with Gasteiger partial charge in [-0.15, -0.1) is 0 Å². The highest BCUT2D eigenvalue weighted by Gasteiger charge is 2.09. The summed E-state index contributed by atoms with van der Waals surface area (Å²) in [5.74, 6) is 0.158. The molecule has 0 atom stereocenters. The monoisotopic (exact) mass is 340 g/mol. The summed E-state index contributed by atoms with van der Waals surface area (Å²) in [7, 11) is 0. The Labute approximate surface area is 148 Å². The van der Waals surface area contributed by atoms with Crippen LogP contribution >= 0.6 is 0 Å². The summed E-state index contributed by atoms with van der Waals surface area (Å²) < 4.78 is 0. The Morgan fingerprint density at radius 2 is 1.76 bits per heavy atom. The number of hydrogen-bond acceptors (Lipinski definition) is 4. The summed E-state index contributed by atoms with van der Waals surface area (Å²) in [5, 5.41) is 8.77. The van der Waals surface area contributed by atoms with Crippen LogP contribution in [0.1, 0.15) is 37.7 Å². The summed E-state index contributed by atoms with van der Waals surface area (Å²) in [6, 6.07) is 10.5. The Morgan fingerprint density at radius 1 is 1.04 bits per heavy atom. The number of carbonyl (C=O) groups excluding carboxylic acids is 2. The molecule has 6 heteroatoms. The van der Waals surface area contributed by atoms with Crippen molar-refractivity contribution in [1.82, 2.24) is 4.98 Å². The highest BCUT2D eigenvalue weighted by Crippen LogP contribution is 2.16. The van der Waals surface area contributed by atoms with Crippen LogP contribution in [0.3, 0.4) is 0 Å². The molecule has 1 aromatic heterocycles. The maximum absolute atomic E-state index is 12.4. The van der Waals surface area contributed by atoms with Gasteiger partial charge in [0.25, 0.3) is 5.91 Å². The maximum atomic E-state index is 12.4. The molecule has 0 spiro atoms. The first kappa shape index (κ1) is 18.4. The molecular weight excluding hydrogens is 316 g/mol. The van der Waals surface area contributed by atoms with Crippen LogP contribution in [0.15, 0.2) is 42.6 Å². The number of amides is 2. The number of benzene rings is 1. The van der Waals surface area contributed by atoms with E-state index in [1.54, 1.807) is 36.5 Å². The van der Waals surface area contributed by atoms with Crippen molar-refractivity contribution in [3.8, 4) is 0 Å². The van der Waals surface area contributed by atoms with Crippen molar-refractivity contribution in [2.45, 2.75) is 27.2 Å². The fourth-order valence-corrected chi connectivity index (χ4v) is 2.24. The van der Waals surface area contributed by atoms with Gasteiger partial charge in [-0.2, -0.15) is 0 Å². The van der Waals surface area contributed by atoms with Crippen molar-refractivity contribution >= 4 is 28.9 Å². The third kappa shape index (κ3) is 6.25. The van der Waals surface area contributed by atoms with Gasteiger partial charge in [-0.1, -0.05) is 19.9 Å². The largest absolute Gasteiger partial charge is 0.385 e. The SMILES string of the molecule is CC(=O)Nc1cccc(NC(=O)c2cc(NCCC(C)C)ccn2)c1. The van der Waals surface area contributed by atoms with Crippen LogP contribution < -0.4 is 16.0 Å². The first-order valence-corrected chi connectivity index (χ1v) is 8.33. The molecule has 0 saturated heterocycles. The first-order chi connectivity index (χ1) is 11.9. The van der Waals surface area contributed by atoms with E-state index in [9.17, 15) is 9.59 Å². The highest BCUT2D eigenvalue weighted by molar-refractivity contribution is 6.03. The third-order valence-electron chi connectivity index (χ3n) is 3.48. The lowest BCUT2D eigenvalue weighted by Crippen LogP contribution is -2.15. The van der Waals surface area contributed by atoms with E-state index in [2.05, 4.69) is 34.8 Å². The molecule has 0 fully saturated rings. The number of anilines is 3. The molecule has 0 aliphatic rings. The summed E-state index contributed by atoms with van der Waals surface area (Å²) in [4.78, 5) is 27.6. The molecule has 6 nitrogen and oxygen atoms in total. The zero-order chi connectivity index (χ0) is 18.2. The average molecular weight is 340 g/mol. The molecule has 0 saturated carbocycles. The number of rotatable bonds is 7. The van der Waals surface area contributed by atoms with Crippen LogP contribution in [-0.2, 0) is 4.79 Å². The van der Waals surface area contributed by atoms with Crippen molar-refractivity contribution in [3.05, 3.63) is 48.3 Å². The Morgan fingerprint density at radius 3 is 2.44 bits per heavy atom. The maximum Gasteiger partial charge on any atom is 0.274 e. The van der Waals surface area contributed by atoms with Crippen molar-refractivity contribution in [2.75, 3.05) is 22.5 Å². The summed E-state index contributed by atoms with van der Waals surface area (Å²) >= 11 is 0. The molecule has 1 aromatic carbocycles. The van der Waals surface area contributed by atoms with Crippen molar-refractivity contribution in [1.29, 1.82) is 0 Å². The zero-order valence-corrected chi connectivity index (χ0v) is 14.8. The van der Waals surface area contributed by atoms with E-state index in [0.717, 1.165) is 18.7 Å². The van der Waals surface area contributed by atoms with Crippen LogP contribution in [0.5, 0.6) is 0 Å². The second-order valence-electron chi connectivity index (χ2n) is 6.26. The quantitative estimate of drug-likeness (QED) is 0.717. The van der Waals surface area contributed by atoms with Gasteiger partial charge in [-0.3, -0.25) is 14.6 Å². The van der Waals surface area contributed by atoms with Gasteiger partial charge in [0.2, 0.25) is 5.91 Å². The average Bonchev–Trinajstić information content (AvgIpc) is 2.54. The minimum Gasteiger partial charge on any atom is -0.385 e. The topological polar surface area (TPSA) is 83.1 Å². The van der Waals surface area contributed by atoms with Crippen LogP contribution in [0, 0.1) is 5.92 Å². The second kappa shape index (κ2) is 8.82. The molecule has 3 N–H and O–H groups in total. The Balaban J connectivity index is 2.02. The minimum absolute atomic E-state index is 0.162. The number of pyridine rings is 1. The standard InChI is InChI=1S/C19H24N4O2/c1-13(2)7-9-20-15-8-10-21-18(12-15)19(25)23-17-6-4-5-16(11-17)22-14(3)24/h4-6,8,10-13H,7,9H2,1-3H3,(H,20,21)(H,22,24)(H,23,25). The normalized spacial score (nSPS) is 10.4. The molecule has 0 radical (unpaired) electrons. The molecule has 2 rings (SSSR count). The van der Waals surface area contributed by atoms with Crippen molar-refractivity contribution in [2.24, 2.45) is 5.92 Å². The summed E-state index contributed by atoms with van der Waals surface area (Å²) in [6.45, 7) is 6.62. The molecular formula is C19H24N4O2. The van der Waals surface area contributed by atoms with Gasteiger partial charge in [0.05, 0.1) is 0 Å². The lowest BCUT2D eigenvalue weighted by Gasteiger charge is -2.10. The molecule has 2 amide bonds. The van der Waals surface area contributed by atoms with E-state index >= 15 is 0 Å². The van der Waals surface area contributed by atoms with Gasteiger partial charge in [-0.05, 0) is 42.7 Å². The predicted molar refractivity (Wildman–Crippen MR) is 101 cm³/mol. The number of nitrogens with zero attached hydrogens (tertiary/aromatic N) is 1. The Hall–Kier alpha value is -2.89. The van der Waals surface area contributed by atoms with Gasteiger partial charge in [0.15, 0.2) is 0 Å². The number of carbonyl (C=O) groups is 2. The second-order valence-corrected chi connectivity index (χ2v) is 6.26. The van der Waals surface area contributed by atoms with Crippen molar-refractivity contribution < 1.29 is 9.59 Å². The lowest BCUT2D eigenvalue weighted by atomic mass is 10.1. The fraction of sp³-hybridized carbons (Fsp3) is 0.316. The number of hydrogen-bond donors (Lipinski definition) is 3. The van der Waals surface area contributed by atoms with Gasteiger partial charge in [-0.25, -0.2) is 0 Å². The molecule has 2 aromatic rings. The molecule has 1 heterocycles. The van der Waals surface area contributed by atoms with E-state index in [-0.39, 0.29) is 11.8 Å². The fourth-order valence-electron chi connectivity index (χ4n) is 2.24. The first-order valence-electron chi connectivity index (χ1n) is 8.33. The Kier molecular flexibility index (Phi) is 6.51. The zero-order valence-electron chi connectivity index (χ0n) is 14.8. The van der Waals surface area contributed by atoms with E-state index in [1.165, 1.54) is 6.92 Å². The minimum atomic E-state index is -0.299. The van der Waals surface area contributed by atoms with Crippen molar-refractivity contribution in [3.63, 3.8) is 0 Å². The molecule has 0 unspecified atom stereocenters. The van der Waals surface area contributed by atoms with E-state index in [1.807, 2.05) is 6.07 Å². The molecule has 0 aliphatic heterocycles. The summed E-state index contributed by atoms with van der Waals surface area (Å²) in [5.41, 5.74) is 2.42.